The molecule has 14 heavy (non-hydrogen) atoms. The molecule has 0 heterocycles. The molecule has 1 rings (SSSR count). The Balaban J connectivity index is 2.84. The first-order chi connectivity index (χ1) is 6.50. The second-order valence-corrected chi connectivity index (χ2v) is 4.67. The summed E-state index contributed by atoms with van der Waals surface area (Å²) in [5, 5.41) is 0.781. The average molecular weight is 212 g/mol. The maximum Gasteiger partial charge on any atom is 0.0408 e. The normalized spacial score (nSPS) is 13.3. The summed E-state index contributed by atoms with van der Waals surface area (Å²) in [6.45, 7) is 6.43. The fourth-order valence-electron chi connectivity index (χ4n) is 1.69. The molecular weight excluding hydrogens is 194 g/mol. The molecule has 0 aliphatic carbocycles. The number of aryl methyl sites for hydroxylation is 1. The van der Waals surface area contributed by atoms with Gasteiger partial charge in [-0.2, -0.15) is 0 Å². The summed E-state index contributed by atoms with van der Waals surface area (Å²) in [5.41, 5.74) is 8.50. The molecule has 1 aromatic rings. The summed E-state index contributed by atoms with van der Waals surface area (Å²) in [5.74, 6) is 0.625. The molecule has 0 fully saturated rings. The van der Waals surface area contributed by atoms with Crippen LogP contribution < -0.4 is 5.73 Å². The van der Waals surface area contributed by atoms with E-state index in [9.17, 15) is 0 Å². The van der Waals surface area contributed by atoms with Crippen LogP contribution in [0.3, 0.4) is 0 Å². The van der Waals surface area contributed by atoms with Gasteiger partial charge in [-0.3, -0.25) is 0 Å². The summed E-state index contributed by atoms with van der Waals surface area (Å²) >= 11 is 5.89. The summed E-state index contributed by atoms with van der Waals surface area (Å²) in [4.78, 5) is 0. The SMILES string of the molecule is Cc1cc(Cl)ccc1C(N)CC(C)C. The second kappa shape index (κ2) is 4.81. The molecular formula is C12H18ClN. The van der Waals surface area contributed by atoms with Gasteiger partial charge in [0.25, 0.3) is 0 Å². The Bertz CT molecular complexity index is 307. The van der Waals surface area contributed by atoms with Crippen LogP contribution in [0.1, 0.15) is 37.4 Å². The van der Waals surface area contributed by atoms with Gasteiger partial charge in [0.05, 0.1) is 0 Å². The third-order valence-corrected chi connectivity index (χ3v) is 2.59. The molecule has 1 unspecified atom stereocenters. The van der Waals surface area contributed by atoms with E-state index in [4.69, 9.17) is 17.3 Å². The summed E-state index contributed by atoms with van der Waals surface area (Å²) < 4.78 is 0. The van der Waals surface area contributed by atoms with E-state index in [0.717, 1.165) is 11.4 Å². The van der Waals surface area contributed by atoms with E-state index in [1.807, 2.05) is 18.2 Å². The van der Waals surface area contributed by atoms with Gasteiger partial charge in [-0.15, -0.1) is 0 Å². The molecule has 0 saturated heterocycles. The van der Waals surface area contributed by atoms with E-state index >= 15 is 0 Å². The molecule has 78 valence electrons. The first-order valence-corrected chi connectivity index (χ1v) is 5.40. The van der Waals surface area contributed by atoms with Gasteiger partial charge in [0, 0.05) is 11.1 Å². The molecule has 2 heteroatoms. The lowest BCUT2D eigenvalue weighted by molar-refractivity contribution is 0.508. The van der Waals surface area contributed by atoms with Gasteiger partial charge in [0.1, 0.15) is 0 Å². The van der Waals surface area contributed by atoms with Crippen LogP contribution in [-0.2, 0) is 0 Å². The summed E-state index contributed by atoms with van der Waals surface area (Å²) in [6.07, 6.45) is 1.02. The lowest BCUT2D eigenvalue weighted by Crippen LogP contribution is -2.14. The van der Waals surface area contributed by atoms with Gasteiger partial charge >= 0.3 is 0 Å². The minimum atomic E-state index is 0.132. The van der Waals surface area contributed by atoms with Crippen molar-refractivity contribution in [2.75, 3.05) is 0 Å². The third-order valence-electron chi connectivity index (χ3n) is 2.36. The molecule has 0 aliphatic heterocycles. The molecule has 0 radical (unpaired) electrons. The zero-order valence-electron chi connectivity index (χ0n) is 9.05. The number of hydrogen-bond acceptors (Lipinski definition) is 1. The summed E-state index contributed by atoms with van der Waals surface area (Å²) in [7, 11) is 0. The van der Waals surface area contributed by atoms with Gasteiger partial charge < -0.3 is 5.73 Å². The van der Waals surface area contributed by atoms with Gasteiger partial charge in [0.15, 0.2) is 0 Å². The maximum atomic E-state index is 6.10. The Labute approximate surface area is 91.3 Å². The number of rotatable bonds is 3. The summed E-state index contributed by atoms with van der Waals surface area (Å²) in [6, 6.07) is 6.04. The van der Waals surface area contributed by atoms with E-state index in [1.165, 1.54) is 11.1 Å². The monoisotopic (exact) mass is 211 g/mol. The minimum absolute atomic E-state index is 0.132. The Morgan fingerprint density at radius 1 is 1.36 bits per heavy atom. The average Bonchev–Trinajstić information content (AvgIpc) is 2.01. The lowest BCUT2D eigenvalue weighted by atomic mass is 9.95. The maximum absolute atomic E-state index is 6.10. The van der Waals surface area contributed by atoms with Crippen molar-refractivity contribution in [3.8, 4) is 0 Å². The fraction of sp³-hybridized carbons (Fsp3) is 0.500. The van der Waals surface area contributed by atoms with Gasteiger partial charge in [-0.25, -0.2) is 0 Å². The molecule has 0 saturated carbocycles. The highest BCUT2D eigenvalue weighted by Crippen LogP contribution is 2.24. The molecule has 0 spiro atoms. The second-order valence-electron chi connectivity index (χ2n) is 4.24. The van der Waals surface area contributed by atoms with Crippen molar-refractivity contribution < 1.29 is 0 Å². The molecule has 0 bridgehead atoms. The molecule has 0 aliphatic rings. The highest BCUT2D eigenvalue weighted by atomic mass is 35.5. The first-order valence-electron chi connectivity index (χ1n) is 5.02. The van der Waals surface area contributed by atoms with Gasteiger partial charge in [-0.05, 0) is 42.5 Å². The van der Waals surface area contributed by atoms with Crippen LogP contribution in [0, 0.1) is 12.8 Å². The molecule has 1 aromatic carbocycles. The van der Waals surface area contributed by atoms with Crippen LogP contribution in [0.15, 0.2) is 18.2 Å². The van der Waals surface area contributed by atoms with Gasteiger partial charge in [0.2, 0.25) is 0 Å². The predicted octanol–water partition coefficient (Wildman–Crippen LogP) is 3.69. The highest BCUT2D eigenvalue weighted by molar-refractivity contribution is 6.30. The standard InChI is InChI=1S/C12H18ClN/c1-8(2)6-12(14)11-5-4-10(13)7-9(11)3/h4-5,7-8,12H,6,14H2,1-3H3. The molecule has 1 nitrogen and oxygen atoms in total. The molecule has 1 atom stereocenters. The fourth-order valence-corrected chi connectivity index (χ4v) is 1.92. The smallest absolute Gasteiger partial charge is 0.0408 e. The van der Waals surface area contributed by atoms with E-state index in [1.54, 1.807) is 0 Å². The largest absolute Gasteiger partial charge is 0.324 e. The van der Waals surface area contributed by atoms with E-state index < -0.39 is 0 Å². The molecule has 0 aromatic heterocycles. The van der Waals surface area contributed by atoms with E-state index in [-0.39, 0.29) is 6.04 Å². The van der Waals surface area contributed by atoms with E-state index in [0.29, 0.717) is 5.92 Å². The van der Waals surface area contributed by atoms with Crippen molar-refractivity contribution >= 4 is 11.6 Å². The molecule has 0 amide bonds. The Hall–Kier alpha value is -0.530. The predicted molar refractivity (Wildman–Crippen MR) is 62.6 cm³/mol. The van der Waals surface area contributed by atoms with Crippen LogP contribution in [-0.4, -0.2) is 0 Å². The van der Waals surface area contributed by atoms with Crippen molar-refractivity contribution in [2.24, 2.45) is 11.7 Å². The van der Waals surface area contributed by atoms with Crippen molar-refractivity contribution in [3.05, 3.63) is 34.3 Å². The zero-order valence-corrected chi connectivity index (χ0v) is 9.81. The number of benzene rings is 1. The van der Waals surface area contributed by atoms with Crippen molar-refractivity contribution in [2.45, 2.75) is 33.2 Å². The Kier molecular flexibility index (Phi) is 3.97. The van der Waals surface area contributed by atoms with Crippen molar-refractivity contribution in [1.29, 1.82) is 0 Å². The van der Waals surface area contributed by atoms with Crippen molar-refractivity contribution in [1.82, 2.24) is 0 Å². The molecule has 2 N–H and O–H groups in total. The highest BCUT2D eigenvalue weighted by Gasteiger charge is 2.10. The third kappa shape index (κ3) is 3.00. The van der Waals surface area contributed by atoms with Crippen LogP contribution in [0.5, 0.6) is 0 Å². The number of halogens is 1. The Morgan fingerprint density at radius 3 is 2.50 bits per heavy atom. The van der Waals surface area contributed by atoms with Crippen LogP contribution in [0.25, 0.3) is 0 Å². The van der Waals surface area contributed by atoms with Gasteiger partial charge in [-0.1, -0.05) is 31.5 Å². The Morgan fingerprint density at radius 2 is 2.00 bits per heavy atom. The number of nitrogens with two attached hydrogens (primary N) is 1. The van der Waals surface area contributed by atoms with Crippen LogP contribution in [0.2, 0.25) is 5.02 Å². The quantitative estimate of drug-likeness (QED) is 0.811. The van der Waals surface area contributed by atoms with Crippen molar-refractivity contribution in [3.63, 3.8) is 0 Å². The zero-order chi connectivity index (χ0) is 10.7. The van der Waals surface area contributed by atoms with Crippen LogP contribution in [0.4, 0.5) is 0 Å². The van der Waals surface area contributed by atoms with E-state index in [2.05, 4.69) is 20.8 Å². The minimum Gasteiger partial charge on any atom is -0.324 e. The van der Waals surface area contributed by atoms with Crippen LogP contribution >= 0.6 is 11.6 Å². The first kappa shape index (κ1) is 11.5. The topological polar surface area (TPSA) is 26.0 Å². The number of hydrogen-bond donors (Lipinski definition) is 1. The lowest BCUT2D eigenvalue weighted by Gasteiger charge is -2.16.